The number of rotatable bonds is 12. The summed E-state index contributed by atoms with van der Waals surface area (Å²) in [6, 6.07) is 26.9. The van der Waals surface area contributed by atoms with Gasteiger partial charge < -0.3 is 19.9 Å². The second-order valence-corrected chi connectivity index (χ2v) is 8.87. The normalized spacial score (nSPS) is 12.5. The Labute approximate surface area is 198 Å². The molecule has 0 spiro atoms. The van der Waals surface area contributed by atoms with Gasteiger partial charge in [-0.05, 0) is 61.7 Å². The zero-order chi connectivity index (χ0) is 23.7. The first kappa shape index (κ1) is 24.6. The Kier molecular flexibility index (Phi) is 8.77. The molecule has 3 aromatic rings. The van der Waals surface area contributed by atoms with Crippen molar-refractivity contribution < 1.29 is 13.6 Å². The number of hydrogen-bond donors (Lipinski definition) is 2. The molecule has 1 unspecified atom stereocenters. The topological polar surface area (TPSA) is 98.5 Å². The SMILES string of the molecule is CN(CCCC(C(N)=O)(c1ccccc1)c1ccccc1)CCc1ccc(NS(=O)[O-])cc1. The van der Waals surface area contributed by atoms with Crippen LogP contribution in [0.15, 0.2) is 84.9 Å². The fourth-order valence-corrected chi connectivity index (χ4v) is 4.52. The highest BCUT2D eigenvalue weighted by Gasteiger charge is 2.39. The zero-order valence-corrected chi connectivity index (χ0v) is 19.6. The number of anilines is 1. The van der Waals surface area contributed by atoms with Gasteiger partial charge in [0.15, 0.2) is 0 Å². The number of likely N-dealkylation sites (N-methyl/N-ethyl adjacent to an activating group) is 1. The quantitative estimate of drug-likeness (QED) is 0.400. The van der Waals surface area contributed by atoms with Crippen molar-refractivity contribution in [2.24, 2.45) is 5.73 Å². The summed E-state index contributed by atoms with van der Waals surface area (Å²) in [4.78, 5) is 15.1. The minimum absolute atomic E-state index is 0.338. The minimum Gasteiger partial charge on any atom is -0.755 e. The molecule has 0 aliphatic carbocycles. The molecule has 0 aliphatic rings. The van der Waals surface area contributed by atoms with Crippen LogP contribution in [-0.2, 0) is 27.9 Å². The lowest BCUT2D eigenvalue weighted by atomic mass is 9.70. The van der Waals surface area contributed by atoms with Crippen molar-refractivity contribution in [1.29, 1.82) is 0 Å². The molecule has 174 valence electrons. The van der Waals surface area contributed by atoms with Crippen LogP contribution in [0.1, 0.15) is 29.5 Å². The Morgan fingerprint density at radius 2 is 1.48 bits per heavy atom. The highest BCUT2D eigenvalue weighted by Crippen LogP contribution is 2.36. The molecule has 7 heteroatoms. The number of nitrogens with two attached hydrogens (primary N) is 1. The first-order valence-electron chi connectivity index (χ1n) is 11.0. The van der Waals surface area contributed by atoms with Crippen LogP contribution < -0.4 is 10.5 Å². The Morgan fingerprint density at radius 3 is 1.97 bits per heavy atom. The van der Waals surface area contributed by atoms with Crippen molar-refractivity contribution in [3.05, 3.63) is 102 Å². The summed E-state index contributed by atoms with van der Waals surface area (Å²) in [5.74, 6) is -0.338. The van der Waals surface area contributed by atoms with Gasteiger partial charge in [0.25, 0.3) is 0 Å². The van der Waals surface area contributed by atoms with Gasteiger partial charge >= 0.3 is 0 Å². The largest absolute Gasteiger partial charge is 0.755 e. The maximum Gasteiger partial charge on any atom is 0.232 e. The van der Waals surface area contributed by atoms with Crippen LogP contribution in [-0.4, -0.2) is 39.7 Å². The number of carbonyl (C=O) groups excluding carboxylic acids is 1. The van der Waals surface area contributed by atoms with E-state index in [1.54, 1.807) is 12.1 Å². The van der Waals surface area contributed by atoms with E-state index in [1.807, 2.05) is 72.8 Å². The standard InChI is InChI=1S/C26H31N3O3S/c1-29(20-17-21-13-15-24(16-14-21)28-33(31)32)19-8-18-26(25(27)30,22-9-4-2-5-10-22)23-11-6-3-7-12-23/h2-7,9-16,28H,8,17-20H2,1H3,(H2,27,30)(H,31,32)/p-1. The summed E-state index contributed by atoms with van der Waals surface area (Å²) in [6.07, 6.45) is 2.27. The number of primary amides is 1. The van der Waals surface area contributed by atoms with Crippen LogP contribution in [0.25, 0.3) is 0 Å². The maximum atomic E-state index is 12.9. The number of hydrogen-bond acceptors (Lipinski definition) is 4. The van der Waals surface area contributed by atoms with E-state index in [4.69, 9.17) is 5.73 Å². The Balaban J connectivity index is 1.63. The van der Waals surface area contributed by atoms with Crippen molar-refractivity contribution >= 4 is 22.9 Å². The molecule has 0 saturated carbocycles. The molecule has 0 saturated heterocycles. The summed E-state index contributed by atoms with van der Waals surface area (Å²) in [5, 5.41) is 0. The third kappa shape index (κ3) is 6.51. The molecule has 0 aliphatic heterocycles. The summed E-state index contributed by atoms with van der Waals surface area (Å²) in [5.41, 5.74) is 8.67. The zero-order valence-electron chi connectivity index (χ0n) is 18.8. The van der Waals surface area contributed by atoms with Gasteiger partial charge in [-0.15, -0.1) is 0 Å². The van der Waals surface area contributed by atoms with E-state index in [9.17, 15) is 13.6 Å². The lowest BCUT2D eigenvalue weighted by Crippen LogP contribution is -2.43. The van der Waals surface area contributed by atoms with Crippen molar-refractivity contribution in [2.75, 3.05) is 24.9 Å². The number of nitrogens with one attached hydrogen (secondary N) is 1. The van der Waals surface area contributed by atoms with Crippen LogP contribution in [0.4, 0.5) is 5.69 Å². The number of nitrogens with zero attached hydrogens (tertiary/aromatic N) is 1. The Morgan fingerprint density at radius 1 is 0.939 bits per heavy atom. The summed E-state index contributed by atoms with van der Waals surface area (Å²) in [6.45, 7) is 1.67. The van der Waals surface area contributed by atoms with E-state index >= 15 is 0 Å². The van der Waals surface area contributed by atoms with Gasteiger partial charge in [0.1, 0.15) is 0 Å². The number of amides is 1. The Hall–Kier alpha value is -3.00. The molecule has 1 atom stereocenters. The van der Waals surface area contributed by atoms with E-state index in [1.165, 1.54) is 0 Å². The van der Waals surface area contributed by atoms with E-state index < -0.39 is 16.7 Å². The van der Waals surface area contributed by atoms with Gasteiger partial charge in [0, 0.05) is 23.5 Å². The molecule has 3 N–H and O–H groups in total. The van der Waals surface area contributed by atoms with Gasteiger partial charge in [0.05, 0.1) is 5.41 Å². The van der Waals surface area contributed by atoms with Crippen molar-refractivity contribution in [1.82, 2.24) is 4.90 Å². The summed E-state index contributed by atoms with van der Waals surface area (Å²) in [7, 11) is 2.06. The maximum absolute atomic E-state index is 12.9. The molecule has 0 radical (unpaired) electrons. The molecule has 0 bridgehead atoms. The van der Waals surface area contributed by atoms with Crippen LogP contribution in [0.2, 0.25) is 0 Å². The molecule has 3 aromatic carbocycles. The molecule has 6 nitrogen and oxygen atoms in total. The highest BCUT2D eigenvalue weighted by atomic mass is 32.2. The van der Waals surface area contributed by atoms with Crippen molar-refractivity contribution in [3.63, 3.8) is 0 Å². The monoisotopic (exact) mass is 464 g/mol. The molecule has 0 aromatic heterocycles. The van der Waals surface area contributed by atoms with Gasteiger partial charge in [-0.2, -0.15) is 0 Å². The third-order valence-corrected chi connectivity index (χ3v) is 6.39. The van der Waals surface area contributed by atoms with E-state index in [0.29, 0.717) is 12.1 Å². The molecule has 33 heavy (non-hydrogen) atoms. The van der Waals surface area contributed by atoms with Crippen LogP contribution in [0, 0.1) is 0 Å². The van der Waals surface area contributed by atoms with Crippen molar-refractivity contribution in [2.45, 2.75) is 24.7 Å². The smallest absolute Gasteiger partial charge is 0.232 e. The fraction of sp³-hybridized carbons (Fsp3) is 0.269. The van der Waals surface area contributed by atoms with E-state index in [0.717, 1.165) is 42.6 Å². The lowest BCUT2D eigenvalue weighted by molar-refractivity contribution is -0.122. The average Bonchev–Trinajstić information content (AvgIpc) is 2.82. The molecular formula is C26H30N3O3S-. The van der Waals surface area contributed by atoms with E-state index in [2.05, 4.69) is 16.7 Å². The summed E-state index contributed by atoms with van der Waals surface area (Å²) < 4.78 is 23.8. The average molecular weight is 465 g/mol. The lowest BCUT2D eigenvalue weighted by Gasteiger charge is -2.32. The van der Waals surface area contributed by atoms with Crippen LogP contribution in [0.3, 0.4) is 0 Å². The first-order valence-corrected chi connectivity index (χ1v) is 12.0. The molecule has 0 heterocycles. The van der Waals surface area contributed by atoms with Crippen LogP contribution >= 0.6 is 0 Å². The van der Waals surface area contributed by atoms with E-state index in [-0.39, 0.29) is 5.91 Å². The second kappa shape index (κ2) is 11.7. The van der Waals surface area contributed by atoms with Gasteiger partial charge in [-0.25, -0.2) is 0 Å². The highest BCUT2D eigenvalue weighted by molar-refractivity contribution is 7.80. The molecule has 0 fully saturated rings. The third-order valence-electron chi connectivity index (χ3n) is 5.98. The Bertz CT molecular complexity index is 1000. The number of carbonyl (C=O) groups is 1. The first-order chi connectivity index (χ1) is 15.9. The molecule has 3 rings (SSSR count). The van der Waals surface area contributed by atoms with Crippen LogP contribution in [0.5, 0.6) is 0 Å². The molecular weight excluding hydrogens is 434 g/mol. The molecule has 1 amide bonds. The van der Waals surface area contributed by atoms with Gasteiger partial charge in [-0.1, -0.05) is 72.8 Å². The predicted molar refractivity (Wildman–Crippen MR) is 132 cm³/mol. The van der Waals surface area contributed by atoms with Crippen molar-refractivity contribution in [3.8, 4) is 0 Å². The van der Waals surface area contributed by atoms with Gasteiger partial charge in [-0.3, -0.25) is 9.00 Å². The minimum atomic E-state index is -2.32. The fourth-order valence-electron chi connectivity index (χ4n) is 4.19. The number of benzene rings is 3. The summed E-state index contributed by atoms with van der Waals surface area (Å²) >= 11 is -2.32. The van der Waals surface area contributed by atoms with Gasteiger partial charge in [0.2, 0.25) is 5.91 Å². The predicted octanol–water partition coefficient (Wildman–Crippen LogP) is 3.62. The second-order valence-electron chi connectivity index (χ2n) is 8.19.